The Hall–Kier alpha value is -1.59. The second-order valence-electron chi connectivity index (χ2n) is 6.22. The Morgan fingerprint density at radius 1 is 1.17 bits per heavy atom. The summed E-state index contributed by atoms with van der Waals surface area (Å²) in [6.45, 7) is 3.20. The van der Waals surface area contributed by atoms with Gasteiger partial charge < -0.3 is 15.5 Å². The van der Waals surface area contributed by atoms with E-state index in [9.17, 15) is 9.59 Å². The molecule has 2 N–H and O–H groups in total. The van der Waals surface area contributed by atoms with Gasteiger partial charge in [-0.1, -0.05) is 29.8 Å². The van der Waals surface area contributed by atoms with E-state index in [0.717, 1.165) is 11.1 Å². The molecule has 1 atom stereocenters. The van der Waals surface area contributed by atoms with Crippen molar-refractivity contribution in [3.8, 4) is 0 Å². The Balaban J connectivity index is 0.00000264. The summed E-state index contributed by atoms with van der Waals surface area (Å²) in [4.78, 5) is 27.9. The Kier molecular flexibility index (Phi) is 7.03. The van der Waals surface area contributed by atoms with Gasteiger partial charge >= 0.3 is 0 Å². The van der Waals surface area contributed by atoms with Gasteiger partial charge in [0.2, 0.25) is 11.8 Å². The van der Waals surface area contributed by atoms with Crippen molar-refractivity contribution in [2.45, 2.75) is 25.8 Å². The van der Waals surface area contributed by atoms with Crippen LogP contribution in [0.2, 0.25) is 0 Å². The van der Waals surface area contributed by atoms with Gasteiger partial charge in [-0.15, -0.1) is 12.4 Å². The first-order valence-electron chi connectivity index (χ1n) is 7.72. The van der Waals surface area contributed by atoms with Crippen molar-refractivity contribution in [1.82, 2.24) is 9.80 Å². The maximum atomic E-state index is 12.5. The monoisotopic (exact) mass is 339 g/mol. The van der Waals surface area contributed by atoms with Gasteiger partial charge in [0, 0.05) is 33.1 Å². The smallest absolute Gasteiger partial charge is 0.244 e. The van der Waals surface area contributed by atoms with Crippen molar-refractivity contribution >= 4 is 24.2 Å². The average Bonchev–Trinajstić information content (AvgIpc) is 2.53. The number of rotatable bonds is 3. The van der Waals surface area contributed by atoms with E-state index in [1.54, 1.807) is 23.9 Å². The minimum atomic E-state index is -0.623. The Bertz CT molecular complexity index is 537. The average molecular weight is 340 g/mol. The number of likely N-dealkylation sites (tertiary alicyclic amines) is 1. The lowest BCUT2D eigenvalue weighted by molar-refractivity contribution is -0.139. The number of amides is 2. The number of halogens is 1. The molecule has 23 heavy (non-hydrogen) atoms. The van der Waals surface area contributed by atoms with Gasteiger partial charge in [-0.25, -0.2) is 0 Å². The molecular weight excluding hydrogens is 314 g/mol. The van der Waals surface area contributed by atoms with E-state index >= 15 is 0 Å². The zero-order valence-corrected chi connectivity index (χ0v) is 14.8. The van der Waals surface area contributed by atoms with Gasteiger partial charge in [0.05, 0.1) is 0 Å². The van der Waals surface area contributed by atoms with Crippen LogP contribution in [0, 0.1) is 12.8 Å². The summed E-state index contributed by atoms with van der Waals surface area (Å²) in [5.41, 5.74) is 8.08. The molecule has 0 aromatic heterocycles. The quantitative estimate of drug-likeness (QED) is 0.912. The summed E-state index contributed by atoms with van der Waals surface area (Å²) in [6.07, 6.45) is 1.42. The molecule has 6 heteroatoms. The van der Waals surface area contributed by atoms with Crippen molar-refractivity contribution in [3.63, 3.8) is 0 Å². The van der Waals surface area contributed by atoms with Gasteiger partial charge in [0.25, 0.3) is 0 Å². The molecule has 0 aliphatic carbocycles. The largest absolute Gasteiger partial charge is 0.349 e. The Labute approximate surface area is 144 Å². The van der Waals surface area contributed by atoms with Crippen LogP contribution in [0.15, 0.2) is 24.3 Å². The van der Waals surface area contributed by atoms with Crippen molar-refractivity contribution in [2.24, 2.45) is 11.7 Å². The van der Waals surface area contributed by atoms with Crippen molar-refractivity contribution in [2.75, 3.05) is 27.2 Å². The Morgan fingerprint density at radius 3 is 2.17 bits per heavy atom. The highest BCUT2D eigenvalue weighted by molar-refractivity contribution is 5.85. The SMILES string of the molecule is Cc1ccc(C(N)C(=O)N2CCC(C(=O)N(C)C)CC2)cc1.Cl. The second kappa shape index (κ2) is 8.31. The molecule has 0 bridgehead atoms. The second-order valence-corrected chi connectivity index (χ2v) is 6.22. The molecule has 0 radical (unpaired) electrons. The van der Waals surface area contributed by atoms with E-state index < -0.39 is 6.04 Å². The summed E-state index contributed by atoms with van der Waals surface area (Å²) in [5.74, 6) is 0.115. The van der Waals surface area contributed by atoms with Gasteiger partial charge in [-0.05, 0) is 25.3 Å². The fourth-order valence-corrected chi connectivity index (χ4v) is 2.83. The highest BCUT2D eigenvalue weighted by atomic mass is 35.5. The molecule has 2 amide bonds. The molecule has 1 aliphatic heterocycles. The molecule has 1 aliphatic rings. The molecule has 0 spiro atoms. The molecule has 128 valence electrons. The summed E-state index contributed by atoms with van der Waals surface area (Å²) in [6, 6.07) is 7.11. The summed E-state index contributed by atoms with van der Waals surface area (Å²) < 4.78 is 0. The predicted octanol–water partition coefficient (Wildman–Crippen LogP) is 1.74. The normalized spacial score (nSPS) is 16.4. The Morgan fingerprint density at radius 2 is 1.70 bits per heavy atom. The maximum Gasteiger partial charge on any atom is 0.244 e. The van der Waals surface area contributed by atoms with Gasteiger partial charge in [0.1, 0.15) is 6.04 Å². The molecule has 1 aromatic carbocycles. The molecule has 1 saturated heterocycles. The van der Waals surface area contributed by atoms with E-state index in [0.29, 0.717) is 25.9 Å². The van der Waals surface area contributed by atoms with Crippen LogP contribution in [-0.2, 0) is 9.59 Å². The van der Waals surface area contributed by atoms with E-state index in [-0.39, 0.29) is 30.1 Å². The number of aryl methyl sites for hydroxylation is 1. The van der Waals surface area contributed by atoms with Crippen LogP contribution >= 0.6 is 12.4 Å². The van der Waals surface area contributed by atoms with Crippen LogP contribution in [0.1, 0.15) is 30.0 Å². The van der Waals surface area contributed by atoms with Crippen LogP contribution in [0.3, 0.4) is 0 Å². The zero-order chi connectivity index (χ0) is 16.3. The lowest BCUT2D eigenvalue weighted by Crippen LogP contribution is -2.45. The van der Waals surface area contributed by atoms with Crippen LogP contribution < -0.4 is 5.73 Å². The fraction of sp³-hybridized carbons (Fsp3) is 0.529. The highest BCUT2D eigenvalue weighted by Crippen LogP contribution is 2.22. The van der Waals surface area contributed by atoms with E-state index in [1.807, 2.05) is 31.2 Å². The number of carbonyl (C=O) groups excluding carboxylic acids is 2. The number of hydrogen-bond acceptors (Lipinski definition) is 3. The number of nitrogens with zero attached hydrogens (tertiary/aromatic N) is 2. The molecule has 1 aromatic rings. The van der Waals surface area contributed by atoms with Crippen molar-refractivity contribution < 1.29 is 9.59 Å². The number of benzene rings is 1. The molecule has 1 heterocycles. The zero-order valence-electron chi connectivity index (χ0n) is 14.0. The first-order valence-corrected chi connectivity index (χ1v) is 7.72. The lowest BCUT2D eigenvalue weighted by Gasteiger charge is -2.33. The molecule has 2 rings (SSSR count). The van der Waals surface area contributed by atoms with Crippen LogP contribution in [-0.4, -0.2) is 48.8 Å². The maximum absolute atomic E-state index is 12.5. The van der Waals surface area contributed by atoms with Crippen LogP contribution in [0.25, 0.3) is 0 Å². The molecule has 0 saturated carbocycles. The molecule has 1 unspecified atom stereocenters. The van der Waals surface area contributed by atoms with Crippen LogP contribution in [0.4, 0.5) is 0 Å². The predicted molar refractivity (Wildman–Crippen MR) is 93.4 cm³/mol. The van der Waals surface area contributed by atoms with E-state index in [4.69, 9.17) is 5.73 Å². The molecule has 1 fully saturated rings. The van der Waals surface area contributed by atoms with E-state index in [1.165, 1.54) is 0 Å². The number of hydrogen-bond donors (Lipinski definition) is 1. The minimum absolute atomic E-state index is 0. The number of piperidine rings is 1. The fourth-order valence-electron chi connectivity index (χ4n) is 2.83. The highest BCUT2D eigenvalue weighted by Gasteiger charge is 2.30. The van der Waals surface area contributed by atoms with Crippen molar-refractivity contribution in [3.05, 3.63) is 35.4 Å². The summed E-state index contributed by atoms with van der Waals surface area (Å²) in [7, 11) is 3.54. The minimum Gasteiger partial charge on any atom is -0.349 e. The summed E-state index contributed by atoms with van der Waals surface area (Å²) in [5, 5.41) is 0. The first-order chi connectivity index (χ1) is 10.4. The standard InChI is InChI=1S/C17H25N3O2.ClH/c1-12-4-6-13(7-5-12)15(18)17(22)20-10-8-14(9-11-20)16(21)19(2)3;/h4-7,14-15H,8-11,18H2,1-3H3;1H. The molecule has 5 nitrogen and oxygen atoms in total. The lowest BCUT2D eigenvalue weighted by atomic mass is 9.94. The third kappa shape index (κ3) is 4.69. The van der Waals surface area contributed by atoms with E-state index in [2.05, 4.69) is 0 Å². The van der Waals surface area contributed by atoms with Gasteiger partial charge in [-0.2, -0.15) is 0 Å². The topological polar surface area (TPSA) is 66.6 Å². The molecular formula is C17H26ClN3O2. The number of nitrogens with two attached hydrogens (primary N) is 1. The first kappa shape index (κ1) is 19.5. The number of carbonyl (C=O) groups is 2. The third-order valence-electron chi connectivity index (χ3n) is 4.30. The van der Waals surface area contributed by atoms with Crippen LogP contribution in [0.5, 0.6) is 0 Å². The summed E-state index contributed by atoms with van der Waals surface area (Å²) >= 11 is 0. The van der Waals surface area contributed by atoms with Gasteiger partial charge in [0.15, 0.2) is 0 Å². The van der Waals surface area contributed by atoms with Gasteiger partial charge in [-0.3, -0.25) is 9.59 Å². The third-order valence-corrected chi connectivity index (χ3v) is 4.30. The van der Waals surface area contributed by atoms with Crippen molar-refractivity contribution in [1.29, 1.82) is 0 Å².